The predicted molar refractivity (Wildman–Crippen MR) is 58.6 cm³/mol. The number of benzene rings is 1. The number of hydrogen-bond donors (Lipinski definition) is 3. The Balaban J connectivity index is 3.12. The lowest BCUT2D eigenvalue weighted by Crippen LogP contribution is -2.44. The van der Waals surface area contributed by atoms with Crippen LogP contribution >= 0.6 is 0 Å². The highest BCUT2D eigenvalue weighted by Gasteiger charge is 2.28. The second kappa shape index (κ2) is 5.70. The van der Waals surface area contributed by atoms with Gasteiger partial charge >= 0.3 is 5.97 Å². The maximum Gasteiger partial charge on any atom is 0.322 e. The number of carboxylic acids is 1. The number of halogens is 2. The van der Waals surface area contributed by atoms with Gasteiger partial charge in [0.05, 0.1) is 6.04 Å². The Hall–Kier alpha value is -1.53. The van der Waals surface area contributed by atoms with Crippen LogP contribution in [0.1, 0.15) is 11.6 Å². The highest BCUT2D eigenvalue weighted by Crippen LogP contribution is 2.21. The summed E-state index contributed by atoms with van der Waals surface area (Å²) in [7, 11) is 2.98. The molecule has 1 aromatic carbocycles. The molecule has 0 aliphatic heterocycles. The molecule has 0 aliphatic carbocycles. The van der Waals surface area contributed by atoms with Crippen molar-refractivity contribution in [2.45, 2.75) is 12.1 Å². The van der Waals surface area contributed by atoms with Crippen molar-refractivity contribution in [3.05, 3.63) is 35.4 Å². The lowest BCUT2D eigenvalue weighted by Gasteiger charge is -2.23. The quantitative estimate of drug-likeness (QED) is 0.720. The van der Waals surface area contributed by atoms with Crippen LogP contribution in [0.25, 0.3) is 0 Å². The van der Waals surface area contributed by atoms with Gasteiger partial charge in [-0.25, -0.2) is 8.78 Å². The summed E-state index contributed by atoms with van der Waals surface area (Å²) in [6, 6.07) is 1.28. The zero-order chi connectivity index (χ0) is 13.0. The molecular weight excluding hydrogens is 230 g/mol. The minimum Gasteiger partial charge on any atom is -0.480 e. The van der Waals surface area contributed by atoms with Gasteiger partial charge in [0.1, 0.15) is 17.7 Å². The molecule has 0 saturated carbocycles. The van der Waals surface area contributed by atoms with Gasteiger partial charge < -0.3 is 15.7 Å². The minimum atomic E-state index is -1.12. The van der Waals surface area contributed by atoms with Gasteiger partial charge in [0.25, 0.3) is 0 Å². The molecule has 0 bridgehead atoms. The number of aliphatic carboxylic acids is 1. The molecule has 0 aliphatic rings. The number of nitrogens with one attached hydrogen (secondary N) is 2. The van der Waals surface area contributed by atoms with Crippen molar-refractivity contribution in [1.82, 2.24) is 10.6 Å². The van der Waals surface area contributed by atoms with Gasteiger partial charge in [-0.15, -0.1) is 0 Å². The Morgan fingerprint density at radius 3 is 2.35 bits per heavy atom. The third-order valence-corrected chi connectivity index (χ3v) is 2.52. The van der Waals surface area contributed by atoms with E-state index in [-0.39, 0.29) is 5.56 Å². The molecule has 2 unspecified atom stereocenters. The Labute approximate surface area is 97.6 Å². The summed E-state index contributed by atoms with van der Waals surface area (Å²) in [6.07, 6.45) is 0. The van der Waals surface area contributed by atoms with Crippen molar-refractivity contribution >= 4 is 5.97 Å². The van der Waals surface area contributed by atoms with Crippen molar-refractivity contribution in [2.75, 3.05) is 14.1 Å². The van der Waals surface area contributed by atoms with E-state index in [0.29, 0.717) is 0 Å². The average Bonchev–Trinajstić information content (AvgIpc) is 2.26. The van der Waals surface area contributed by atoms with Crippen LogP contribution < -0.4 is 10.6 Å². The van der Waals surface area contributed by atoms with E-state index in [0.717, 1.165) is 12.1 Å². The fourth-order valence-electron chi connectivity index (χ4n) is 1.69. The summed E-state index contributed by atoms with van der Waals surface area (Å²) in [5, 5.41) is 14.3. The van der Waals surface area contributed by atoms with Gasteiger partial charge in [0.2, 0.25) is 0 Å². The molecule has 0 radical (unpaired) electrons. The SMILES string of the molecule is CNC(C(=O)O)C(NC)c1ccc(F)cc1F. The van der Waals surface area contributed by atoms with Crippen LogP contribution in [0.3, 0.4) is 0 Å². The monoisotopic (exact) mass is 244 g/mol. The van der Waals surface area contributed by atoms with Gasteiger partial charge in [-0.2, -0.15) is 0 Å². The maximum absolute atomic E-state index is 13.5. The Bertz CT molecular complexity index is 412. The van der Waals surface area contributed by atoms with E-state index in [1.165, 1.54) is 20.2 Å². The number of likely N-dealkylation sites (N-methyl/N-ethyl adjacent to an activating group) is 2. The third-order valence-electron chi connectivity index (χ3n) is 2.52. The van der Waals surface area contributed by atoms with E-state index in [2.05, 4.69) is 10.6 Å². The van der Waals surface area contributed by atoms with Crippen LogP contribution in [-0.4, -0.2) is 31.2 Å². The van der Waals surface area contributed by atoms with E-state index in [1.807, 2.05) is 0 Å². The fourth-order valence-corrected chi connectivity index (χ4v) is 1.69. The molecular formula is C11H14F2N2O2. The van der Waals surface area contributed by atoms with Crippen molar-refractivity contribution in [3.63, 3.8) is 0 Å². The van der Waals surface area contributed by atoms with Crippen LogP contribution in [0.5, 0.6) is 0 Å². The van der Waals surface area contributed by atoms with Crippen LogP contribution in [0.2, 0.25) is 0 Å². The summed E-state index contributed by atoms with van der Waals surface area (Å²) in [5.74, 6) is -2.58. The van der Waals surface area contributed by atoms with Crippen molar-refractivity contribution in [3.8, 4) is 0 Å². The van der Waals surface area contributed by atoms with Crippen LogP contribution in [0, 0.1) is 11.6 Å². The molecule has 0 heterocycles. The van der Waals surface area contributed by atoms with E-state index in [1.54, 1.807) is 0 Å². The Morgan fingerprint density at radius 1 is 1.29 bits per heavy atom. The zero-order valence-corrected chi connectivity index (χ0v) is 9.50. The summed E-state index contributed by atoms with van der Waals surface area (Å²) in [5.41, 5.74) is 0.107. The van der Waals surface area contributed by atoms with E-state index >= 15 is 0 Å². The van der Waals surface area contributed by atoms with Gasteiger partial charge in [-0.3, -0.25) is 4.79 Å². The van der Waals surface area contributed by atoms with E-state index in [4.69, 9.17) is 5.11 Å². The molecule has 0 saturated heterocycles. The van der Waals surface area contributed by atoms with Crippen LogP contribution in [0.15, 0.2) is 18.2 Å². The van der Waals surface area contributed by atoms with Gasteiger partial charge in [-0.1, -0.05) is 6.07 Å². The third kappa shape index (κ3) is 2.98. The number of rotatable bonds is 5. The second-order valence-electron chi connectivity index (χ2n) is 3.54. The standard InChI is InChI=1S/C11H14F2N2O2/c1-14-9(10(15-2)11(16)17)7-4-3-6(12)5-8(7)13/h3-5,9-10,14-15H,1-2H3,(H,16,17). The van der Waals surface area contributed by atoms with Crippen molar-refractivity contribution < 1.29 is 18.7 Å². The molecule has 0 spiro atoms. The van der Waals surface area contributed by atoms with E-state index < -0.39 is 29.7 Å². The maximum atomic E-state index is 13.5. The van der Waals surface area contributed by atoms with Crippen LogP contribution in [0.4, 0.5) is 8.78 Å². The highest BCUT2D eigenvalue weighted by molar-refractivity contribution is 5.74. The summed E-state index contributed by atoms with van der Waals surface area (Å²) in [6.45, 7) is 0. The van der Waals surface area contributed by atoms with Crippen molar-refractivity contribution in [1.29, 1.82) is 0 Å². The molecule has 3 N–H and O–H groups in total. The Morgan fingerprint density at radius 2 is 1.94 bits per heavy atom. The first-order valence-electron chi connectivity index (χ1n) is 5.03. The minimum absolute atomic E-state index is 0.107. The summed E-state index contributed by atoms with van der Waals surface area (Å²) < 4.78 is 26.3. The first-order valence-corrected chi connectivity index (χ1v) is 5.03. The molecule has 94 valence electrons. The van der Waals surface area contributed by atoms with Crippen molar-refractivity contribution in [2.24, 2.45) is 0 Å². The van der Waals surface area contributed by atoms with Gasteiger partial charge in [0, 0.05) is 11.6 Å². The molecule has 0 amide bonds. The summed E-state index contributed by atoms with van der Waals surface area (Å²) >= 11 is 0. The first-order chi connectivity index (χ1) is 8.01. The lowest BCUT2D eigenvalue weighted by atomic mass is 9.99. The highest BCUT2D eigenvalue weighted by atomic mass is 19.1. The molecule has 1 rings (SSSR count). The number of carbonyl (C=O) groups is 1. The topological polar surface area (TPSA) is 61.4 Å². The predicted octanol–water partition coefficient (Wildman–Crippen LogP) is 0.898. The van der Waals surface area contributed by atoms with Gasteiger partial charge in [-0.05, 0) is 20.2 Å². The zero-order valence-electron chi connectivity index (χ0n) is 9.50. The molecule has 6 heteroatoms. The lowest BCUT2D eigenvalue weighted by molar-refractivity contribution is -0.140. The van der Waals surface area contributed by atoms with E-state index in [9.17, 15) is 13.6 Å². The normalized spacial score (nSPS) is 14.4. The van der Waals surface area contributed by atoms with Crippen LogP contribution in [-0.2, 0) is 4.79 Å². The second-order valence-corrected chi connectivity index (χ2v) is 3.54. The average molecular weight is 244 g/mol. The molecule has 17 heavy (non-hydrogen) atoms. The fraction of sp³-hybridized carbons (Fsp3) is 0.364. The molecule has 2 atom stereocenters. The Kier molecular flexibility index (Phi) is 4.53. The molecule has 0 aromatic heterocycles. The molecule has 1 aromatic rings. The number of carboxylic acid groups (broad SMARTS) is 1. The molecule has 4 nitrogen and oxygen atoms in total. The molecule has 0 fully saturated rings. The summed E-state index contributed by atoms with van der Waals surface area (Å²) in [4.78, 5) is 11.0. The smallest absolute Gasteiger partial charge is 0.322 e. The van der Waals surface area contributed by atoms with Gasteiger partial charge in [0.15, 0.2) is 0 Å². The largest absolute Gasteiger partial charge is 0.480 e. The first kappa shape index (κ1) is 13.5. The number of hydrogen-bond acceptors (Lipinski definition) is 3.